The van der Waals surface area contributed by atoms with Crippen LogP contribution in [0, 0.1) is 24.2 Å². The summed E-state index contributed by atoms with van der Waals surface area (Å²) >= 11 is 0. The van der Waals surface area contributed by atoms with Crippen molar-refractivity contribution in [2.75, 3.05) is 0 Å². The zero-order valence-electron chi connectivity index (χ0n) is 16.8. The Morgan fingerprint density at radius 2 is 2.10 bits per heavy atom. The van der Waals surface area contributed by atoms with Crippen molar-refractivity contribution in [1.29, 1.82) is 0 Å². The molecule has 2 amide bonds. The summed E-state index contributed by atoms with van der Waals surface area (Å²) in [7, 11) is 0. The predicted molar refractivity (Wildman–Crippen MR) is 106 cm³/mol. The second-order valence-corrected chi connectivity index (χ2v) is 9.03. The quantitative estimate of drug-likeness (QED) is 0.834. The van der Waals surface area contributed by atoms with Gasteiger partial charge in [-0.15, -0.1) is 0 Å². The Kier molecular flexibility index (Phi) is 4.02. The van der Waals surface area contributed by atoms with Gasteiger partial charge in [0, 0.05) is 18.3 Å². The van der Waals surface area contributed by atoms with Crippen LogP contribution in [0.2, 0.25) is 0 Å². The van der Waals surface area contributed by atoms with Gasteiger partial charge >= 0.3 is 0 Å². The molecular formula is C23H26N2O4. The van der Waals surface area contributed by atoms with Gasteiger partial charge in [-0.25, -0.2) is 0 Å². The van der Waals surface area contributed by atoms with Crippen molar-refractivity contribution in [2.45, 2.75) is 51.8 Å². The number of hydrogen-bond donors (Lipinski definition) is 2. The molecule has 1 aliphatic heterocycles. The fourth-order valence-corrected chi connectivity index (χ4v) is 5.54. The maximum atomic E-state index is 13.0. The molecule has 6 nitrogen and oxygen atoms in total. The van der Waals surface area contributed by atoms with Crippen molar-refractivity contribution in [1.82, 2.24) is 10.6 Å². The Morgan fingerprint density at radius 1 is 1.28 bits per heavy atom. The molecule has 6 heteroatoms. The molecule has 29 heavy (non-hydrogen) atoms. The Bertz CT molecular complexity index is 983. The average molecular weight is 394 g/mol. The number of aryl methyl sites for hydroxylation is 1. The fourth-order valence-electron chi connectivity index (χ4n) is 5.54. The SMILES string of the molecule is Cc1ccc(CNC(=O)[C@@H]2C[C@H]3CC[C@@]2(C)C[C@]32NC(=O)c3ccccc3O2)o1. The molecule has 0 radical (unpaired) electrons. The number of fused-ring (bicyclic) bond motifs is 3. The van der Waals surface area contributed by atoms with Crippen LogP contribution < -0.4 is 15.4 Å². The lowest BCUT2D eigenvalue weighted by Gasteiger charge is -2.59. The molecular weight excluding hydrogens is 368 g/mol. The molecule has 0 saturated heterocycles. The van der Waals surface area contributed by atoms with E-state index in [1.807, 2.05) is 37.3 Å². The number of rotatable bonds is 3. The van der Waals surface area contributed by atoms with Gasteiger partial charge in [-0.1, -0.05) is 19.1 Å². The van der Waals surface area contributed by atoms with Gasteiger partial charge in [-0.3, -0.25) is 9.59 Å². The number of furan rings is 1. The second kappa shape index (κ2) is 6.37. The van der Waals surface area contributed by atoms with Gasteiger partial charge in [0.1, 0.15) is 17.3 Å². The number of carbonyl (C=O) groups excluding carboxylic acids is 2. The molecule has 0 unspecified atom stereocenters. The lowest BCUT2D eigenvalue weighted by atomic mass is 9.52. The highest BCUT2D eigenvalue weighted by Crippen LogP contribution is 2.58. The van der Waals surface area contributed by atoms with Crippen molar-refractivity contribution >= 4 is 11.8 Å². The van der Waals surface area contributed by atoms with E-state index in [2.05, 4.69) is 17.6 Å². The maximum Gasteiger partial charge on any atom is 0.258 e. The minimum absolute atomic E-state index is 0.0589. The Hall–Kier alpha value is -2.76. The molecule has 3 aliphatic carbocycles. The van der Waals surface area contributed by atoms with Crippen molar-refractivity contribution in [2.24, 2.45) is 17.3 Å². The third kappa shape index (κ3) is 2.93. The summed E-state index contributed by atoms with van der Waals surface area (Å²) in [5.74, 6) is 2.23. The van der Waals surface area contributed by atoms with Gasteiger partial charge in [0.2, 0.25) is 5.91 Å². The zero-order chi connectivity index (χ0) is 20.2. The summed E-state index contributed by atoms with van der Waals surface area (Å²) in [5, 5.41) is 6.20. The highest BCUT2D eigenvalue weighted by Gasteiger charge is 2.61. The van der Waals surface area contributed by atoms with Gasteiger partial charge in [0.15, 0.2) is 5.72 Å². The number of benzene rings is 1. The Balaban J connectivity index is 1.35. The molecule has 3 saturated carbocycles. The van der Waals surface area contributed by atoms with Crippen molar-refractivity contribution < 1.29 is 18.7 Å². The maximum absolute atomic E-state index is 13.0. The van der Waals surface area contributed by atoms with Crippen LogP contribution in [0.3, 0.4) is 0 Å². The van der Waals surface area contributed by atoms with Crippen LogP contribution in [0.15, 0.2) is 40.8 Å². The number of ether oxygens (including phenoxy) is 1. The molecule has 2 aromatic rings. The van der Waals surface area contributed by atoms with Crippen molar-refractivity contribution in [3.8, 4) is 5.75 Å². The zero-order valence-corrected chi connectivity index (χ0v) is 16.8. The molecule has 4 aliphatic rings. The largest absolute Gasteiger partial charge is 0.467 e. The first-order chi connectivity index (χ1) is 13.9. The summed E-state index contributed by atoms with van der Waals surface area (Å²) in [4.78, 5) is 25.8. The Labute approximate surface area is 170 Å². The van der Waals surface area contributed by atoms with Crippen molar-refractivity contribution in [3.63, 3.8) is 0 Å². The van der Waals surface area contributed by atoms with Gasteiger partial charge in [0.05, 0.1) is 12.1 Å². The first kappa shape index (κ1) is 18.3. The molecule has 2 bridgehead atoms. The number of amides is 2. The molecule has 2 heterocycles. The van der Waals surface area contributed by atoms with Gasteiger partial charge in [-0.2, -0.15) is 0 Å². The summed E-state index contributed by atoms with van der Waals surface area (Å²) in [5.41, 5.74) is -0.363. The smallest absolute Gasteiger partial charge is 0.258 e. The minimum atomic E-state index is -0.715. The van der Waals surface area contributed by atoms with Crippen LogP contribution in [0.5, 0.6) is 5.75 Å². The molecule has 3 fully saturated rings. The van der Waals surface area contributed by atoms with Crippen LogP contribution in [-0.4, -0.2) is 17.5 Å². The monoisotopic (exact) mass is 394 g/mol. The minimum Gasteiger partial charge on any atom is -0.467 e. The normalized spacial score (nSPS) is 32.4. The van der Waals surface area contributed by atoms with E-state index in [1.54, 1.807) is 6.07 Å². The predicted octanol–water partition coefficient (Wildman–Crippen LogP) is 3.55. The highest BCUT2D eigenvalue weighted by molar-refractivity contribution is 5.98. The number of carbonyl (C=O) groups is 2. The summed E-state index contributed by atoms with van der Waals surface area (Å²) in [6, 6.07) is 11.2. The summed E-state index contributed by atoms with van der Waals surface area (Å²) < 4.78 is 12.0. The number of nitrogens with one attached hydrogen (secondary N) is 2. The topological polar surface area (TPSA) is 80.6 Å². The van der Waals surface area contributed by atoms with Gasteiger partial charge in [-0.05, 0) is 55.9 Å². The summed E-state index contributed by atoms with van der Waals surface area (Å²) in [6.07, 6.45) is 3.25. The molecule has 1 aromatic heterocycles. The third-order valence-corrected chi connectivity index (χ3v) is 7.05. The van der Waals surface area contributed by atoms with E-state index in [1.165, 1.54) is 0 Å². The van der Waals surface area contributed by atoms with Crippen molar-refractivity contribution in [3.05, 3.63) is 53.5 Å². The van der Waals surface area contributed by atoms with Crippen LogP contribution >= 0.6 is 0 Å². The third-order valence-electron chi connectivity index (χ3n) is 7.05. The second-order valence-electron chi connectivity index (χ2n) is 9.03. The molecule has 2 N–H and O–H groups in total. The average Bonchev–Trinajstić information content (AvgIpc) is 3.11. The number of para-hydroxylation sites is 1. The van der Waals surface area contributed by atoms with Crippen LogP contribution in [-0.2, 0) is 11.3 Å². The number of hydrogen-bond acceptors (Lipinski definition) is 4. The van der Waals surface area contributed by atoms with Gasteiger partial charge < -0.3 is 19.8 Å². The van der Waals surface area contributed by atoms with E-state index < -0.39 is 5.72 Å². The van der Waals surface area contributed by atoms with E-state index in [9.17, 15) is 9.59 Å². The first-order valence-corrected chi connectivity index (χ1v) is 10.3. The summed E-state index contributed by atoms with van der Waals surface area (Å²) in [6.45, 7) is 4.44. The van der Waals surface area contributed by atoms with E-state index >= 15 is 0 Å². The fraction of sp³-hybridized carbons (Fsp3) is 0.478. The van der Waals surface area contributed by atoms with Crippen LogP contribution in [0.25, 0.3) is 0 Å². The van der Waals surface area contributed by atoms with E-state index in [0.29, 0.717) is 30.7 Å². The highest BCUT2D eigenvalue weighted by atomic mass is 16.5. The standard InChI is InChI=1S/C23H26N2O4/c1-14-7-8-16(28-14)12-24-21(27)18-11-15-9-10-22(18,2)13-23(15)25-20(26)17-5-3-4-6-19(17)29-23/h3-8,15,18H,9-13H2,1-2H3,(H,24,27)(H,25,26)/t15-,18+,22+,23-/m1/s1. The molecule has 4 atom stereocenters. The lowest BCUT2D eigenvalue weighted by Crippen LogP contribution is -2.69. The van der Waals surface area contributed by atoms with E-state index in [-0.39, 0.29) is 29.1 Å². The first-order valence-electron chi connectivity index (χ1n) is 10.3. The lowest BCUT2D eigenvalue weighted by molar-refractivity contribution is -0.167. The molecule has 6 rings (SSSR count). The Morgan fingerprint density at radius 3 is 2.86 bits per heavy atom. The molecule has 1 aromatic carbocycles. The van der Waals surface area contributed by atoms with Crippen LogP contribution in [0.1, 0.15) is 54.5 Å². The van der Waals surface area contributed by atoms with E-state index in [4.69, 9.17) is 9.15 Å². The molecule has 1 spiro atoms. The van der Waals surface area contributed by atoms with E-state index in [0.717, 1.165) is 24.4 Å². The van der Waals surface area contributed by atoms with Gasteiger partial charge in [0.25, 0.3) is 5.91 Å². The van der Waals surface area contributed by atoms with Crippen LogP contribution in [0.4, 0.5) is 0 Å². The molecule has 152 valence electrons.